The van der Waals surface area contributed by atoms with E-state index in [9.17, 15) is 8.22 Å². The average Bonchev–Trinajstić information content (AvgIpc) is 3.68. The smallest absolute Gasteiger partial charge is 0.136 e. The zero-order valence-corrected chi connectivity index (χ0v) is 24.4. The minimum Gasteiger partial charge on any atom is -0.456 e. The van der Waals surface area contributed by atoms with Crippen molar-refractivity contribution < 1.29 is 25.0 Å². The molecule has 0 aliphatic heterocycles. The SMILES string of the molecule is [2H]c1c([2H])c(-c2c3ccccc3c(-c3c([2H])c([2H])c4c([2H])c(-c5ccccc5)c([2H])c([2H])c4c3[2H])c3ccccc23)c2c(oc3c([2H])c4c([2H])c([2H])c([2H])c([2H])c4c([2H])c32)c1[2H]. The van der Waals surface area contributed by atoms with Crippen molar-refractivity contribution in [2.75, 3.05) is 0 Å². The van der Waals surface area contributed by atoms with Gasteiger partial charge in [0.25, 0.3) is 0 Å². The van der Waals surface area contributed by atoms with Crippen LogP contribution in [0.15, 0.2) is 174 Å². The minimum atomic E-state index is -0.606. The van der Waals surface area contributed by atoms with Gasteiger partial charge in [0.05, 0.1) is 20.6 Å². The second kappa shape index (κ2) is 10.2. The van der Waals surface area contributed by atoms with Crippen LogP contribution >= 0.6 is 0 Å². The molecule has 9 aromatic carbocycles. The van der Waals surface area contributed by atoms with Crippen molar-refractivity contribution >= 4 is 65.0 Å². The van der Waals surface area contributed by atoms with Crippen LogP contribution in [0.5, 0.6) is 0 Å². The van der Waals surface area contributed by atoms with Gasteiger partial charge in [-0.05, 0) is 107 Å². The molecule has 0 aliphatic rings. The third-order valence-corrected chi connectivity index (χ3v) is 8.57. The first-order valence-corrected chi connectivity index (χ1v) is 15.0. The Morgan fingerprint density at radius 2 is 0.957 bits per heavy atom. The molecule has 0 bridgehead atoms. The number of benzene rings is 9. The molecular weight excluding hydrogens is 569 g/mol. The van der Waals surface area contributed by atoms with Gasteiger partial charge in [0.15, 0.2) is 0 Å². The number of fused-ring (bicyclic) bond motifs is 7. The van der Waals surface area contributed by atoms with Crippen molar-refractivity contribution in [2.24, 2.45) is 0 Å². The molecule has 10 rings (SSSR count). The quantitative estimate of drug-likeness (QED) is 0.181. The molecule has 1 aromatic heterocycles. The van der Waals surface area contributed by atoms with E-state index >= 15 is 0 Å². The molecule has 0 saturated heterocycles. The lowest BCUT2D eigenvalue weighted by Crippen LogP contribution is -1.91. The molecule has 1 heteroatoms. The van der Waals surface area contributed by atoms with E-state index in [-0.39, 0.29) is 90.4 Å². The van der Waals surface area contributed by atoms with E-state index in [0.29, 0.717) is 38.2 Å². The summed E-state index contributed by atoms with van der Waals surface area (Å²) in [6, 6.07) is 15.9. The fraction of sp³-hybridized carbons (Fsp3) is 0. The molecule has 47 heavy (non-hydrogen) atoms. The van der Waals surface area contributed by atoms with Crippen molar-refractivity contribution in [3.05, 3.63) is 169 Å². The van der Waals surface area contributed by atoms with Gasteiger partial charge in [-0.25, -0.2) is 0 Å². The lowest BCUT2D eigenvalue weighted by Gasteiger charge is -2.18. The van der Waals surface area contributed by atoms with Crippen LogP contribution in [-0.2, 0) is 0 Å². The van der Waals surface area contributed by atoms with Crippen LogP contribution in [0.3, 0.4) is 0 Å². The lowest BCUT2D eigenvalue weighted by molar-refractivity contribution is 0.669. The summed E-state index contributed by atoms with van der Waals surface area (Å²) in [5.41, 5.74) is 0.803. The van der Waals surface area contributed by atoms with Crippen LogP contribution in [0, 0.1) is 0 Å². The maximum Gasteiger partial charge on any atom is 0.136 e. The third-order valence-electron chi connectivity index (χ3n) is 8.57. The summed E-state index contributed by atoms with van der Waals surface area (Å²) in [6.45, 7) is 0. The molecule has 0 radical (unpaired) electrons. The summed E-state index contributed by atoms with van der Waals surface area (Å²) in [5.74, 6) is 0. The Labute approximate surface area is 293 Å². The maximum absolute atomic E-state index is 9.66. The van der Waals surface area contributed by atoms with Crippen molar-refractivity contribution in [3.8, 4) is 33.4 Å². The number of hydrogen-bond donors (Lipinski definition) is 0. The first-order chi connectivity index (χ1) is 29.6. The van der Waals surface area contributed by atoms with E-state index in [1.54, 1.807) is 78.9 Å². The predicted molar refractivity (Wildman–Crippen MR) is 200 cm³/mol. The van der Waals surface area contributed by atoms with Gasteiger partial charge in [0, 0.05) is 10.8 Å². The maximum atomic E-state index is 9.66. The highest BCUT2D eigenvalue weighted by atomic mass is 16.3. The molecule has 1 nitrogen and oxygen atoms in total. The van der Waals surface area contributed by atoms with Gasteiger partial charge in [-0.3, -0.25) is 0 Å². The number of rotatable bonds is 3. The molecule has 0 fully saturated rings. The molecule has 0 atom stereocenters. The Kier molecular flexibility index (Phi) is 3.33. The Morgan fingerprint density at radius 3 is 1.66 bits per heavy atom. The van der Waals surface area contributed by atoms with Crippen molar-refractivity contribution in [1.82, 2.24) is 0 Å². The molecule has 1 heterocycles. The van der Waals surface area contributed by atoms with Gasteiger partial charge in [-0.15, -0.1) is 0 Å². The molecule has 10 aromatic rings. The standard InChI is InChI=1S/C46H28O/c1-2-11-29(12-3-1)32-21-22-34-26-35(24-23-33(34)25-32)44-36-15-6-8-17-38(36)45(39-18-9-7-16-37(39)44)40-19-10-20-42-46(40)41-27-30-13-4-5-14-31(30)28-43(41)47-42/h1-28H/i4D,5D,10D,13D,14D,19D,20D,21D,22D,23D,24D,25D,26D,27D,28D. The zero-order chi connectivity index (χ0) is 44.0. The van der Waals surface area contributed by atoms with Crippen LogP contribution in [0.25, 0.3) is 98.4 Å². The monoisotopic (exact) mass is 611 g/mol. The second-order valence-corrected chi connectivity index (χ2v) is 11.2. The third kappa shape index (κ3) is 4.03. The van der Waals surface area contributed by atoms with Crippen LogP contribution in [0.1, 0.15) is 20.6 Å². The summed E-state index contributed by atoms with van der Waals surface area (Å²) in [7, 11) is 0. The van der Waals surface area contributed by atoms with Gasteiger partial charge in [0.2, 0.25) is 0 Å². The average molecular weight is 612 g/mol. The molecule has 0 saturated carbocycles. The number of furan rings is 1. The van der Waals surface area contributed by atoms with E-state index in [4.69, 9.17) is 16.8 Å². The highest BCUT2D eigenvalue weighted by Gasteiger charge is 2.20. The molecule has 0 amide bonds. The summed E-state index contributed by atoms with van der Waals surface area (Å²) < 4.78 is 142. The van der Waals surface area contributed by atoms with E-state index < -0.39 is 60.4 Å². The minimum absolute atomic E-state index is 0.0161. The Balaban J connectivity index is 1.38. The highest BCUT2D eigenvalue weighted by molar-refractivity contribution is 6.26. The highest BCUT2D eigenvalue weighted by Crippen LogP contribution is 2.47. The van der Waals surface area contributed by atoms with E-state index in [1.165, 1.54) is 0 Å². The van der Waals surface area contributed by atoms with Crippen LogP contribution in [0.4, 0.5) is 0 Å². The summed E-state index contributed by atoms with van der Waals surface area (Å²) in [5, 5.41) is 0.939. The summed E-state index contributed by atoms with van der Waals surface area (Å²) >= 11 is 0. The fourth-order valence-corrected chi connectivity index (χ4v) is 6.52. The van der Waals surface area contributed by atoms with Crippen molar-refractivity contribution in [3.63, 3.8) is 0 Å². The zero-order valence-electron chi connectivity index (χ0n) is 39.4. The van der Waals surface area contributed by atoms with E-state index in [1.807, 2.05) is 0 Å². The van der Waals surface area contributed by atoms with Crippen molar-refractivity contribution in [1.29, 1.82) is 0 Å². The normalized spacial score (nSPS) is 16.3. The van der Waals surface area contributed by atoms with Crippen LogP contribution < -0.4 is 0 Å². The Bertz CT molecular complexity index is 3630. The van der Waals surface area contributed by atoms with Crippen LogP contribution in [-0.4, -0.2) is 0 Å². The van der Waals surface area contributed by atoms with E-state index in [0.717, 1.165) is 0 Å². The van der Waals surface area contributed by atoms with Gasteiger partial charge in [-0.2, -0.15) is 0 Å². The summed E-state index contributed by atoms with van der Waals surface area (Å²) in [6.07, 6.45) is 0. The molecular formula is C46H28O. The number of hydrogen-bond acceptors (Lipinski definition) is 1. The topological polar surface area (TPSA) is 13.1 Å². The van der Waals surface area contributed by atoms with Gasteiger partial charge < -0.3 is 4.42 Å². The van der Waals surface area contributed by atoms with Gasteiger partial charge in [-0.1, -0.05) is 139 Å². The first kappa shape index (κ1) is 15.4. The molecule has 218 valence electrons. The first-order valence-electron chi connectivity index (χ1n) is 22.5. The molecule has 0 N–H and O–H groups in total. The molecule has 0 spiro atoms. The van der Waals surface area contributed by atoms with Gasteiger partial charge in [0.1, 0.15) is 11.2 Å². The van der Waals surface area contributed by atoms with Crippen molar-refractivity contribution in [2.45, 2.75) is 0 Å². The van der Waals surface area contributed by atoms with Crippen LogP contribution in [0.2, 0.25) is 0 Å². The molecule has 0 unspecified atom stereocenters. The lowest BCUT2D eigenvalue weighted by atomic mass is 9.84. The van der Waals surface area contributed by atoms with Gasteiger partial charge >= 0.3 is 0 Å². The fourth-order valence-electron chi connectivity index (χ4n) is 6.52. The Hall–Kier alpha value is -6.18. The Morgan fingerprint density at radius 1 is 0.383 bits per heavy atom. The largest absolute Gasteiger partial charge is 0.456 e. The second-order valence-electron chi connectivity index (χ2n) is 11.2. The molecule has 0 aliphatic carbocycles. The summed E-state index contributed by atoms with van der Waals surface area (Å²) in [4.78, 5) is 0. The van der Waals surface area contributed by atoms with E-state index in [2.05, 4.69) is 0 Å². The predicted octanol–water partition coefficient (Wildman–Crippen LogP) is 13.2.